The van der Waals surface area contributed by atoms with Crippen molar-refractivity contribution in [1.82, 2.24) is 4.90 Å². The molecule has 0 bridgehead atoms. The Bertz CT molecular complexity index is 420. The number of halogens is 1. The van der Waals surface area contributed by atoms with Crippen LogP contribution in [0.1, 0.15) is 46.2 Å². The van der Waals surface area contributed by atoms with E-state index in [4.69, 9.17) is 5.73 Å². The smallest absolute Gasteiger partial charge is 0.227 e. The van der Waals surface area contributed by atoms with Crippen LogP contribution >= 0.6 is 12.4 Å². The second-order valence-corrected chi connectivity index (χ2v) is 6.20. The molecule has 0 spiro atoms. The van der Waals surface area contributed by atoms with Gasteiger partial charge in [0.2, 0.25) is 5.91 Å². The summed E-state index contributed by atoms with van der Waals surface area (Å²) in [6, 6.07) is 9.80. The molecule has 0 aliphatic rings. The molecular weight excluding hydrogens is 284 g/mol. The highest BCUT2D eigenvalue weighted by Gasteiger charge is 2.28. The van der Waals surface area contributed by atoms with Gasteiger partial charge in [-0.3, -0.25) is 4.79 Å². The molecule has 1 amide bonds. The molecule has 1 aromatic carbocycles. The number of hydrogen-bond acceptors (Lipinski definition) is 2. The lowest BCUT2D eigenvalue weighted by Crippen LogP contribution is -2.44. The fourth-order valence-electron chi connectivity index (χ4n) is 2.33. The number of carbonyl (C=O) groups excluding carboxylic acids is 1. The third-order valence-corrected chi connectivity index (χ3v) is 3.58. The lowest BCUT2D eigenvalue weighted by Gasteiger charge is -2.33. The minimum absolute atomic E-state index is 0. The highest BCUT2D eigenvalue weighted by Crippen LogP contribution is 2.22. The molecule has 0 heterocycles. The lowest BCUT2D eigenvalue weighted by molar-refractivity contribution is -0.138. The Morgan fingerprint density at radius 2 is 1.62 bits per heavy atom. The highest BCUT2D eigenvalue weighted by molar-refractivity contribution is 5.85. The van der Waals surface area contributed by atoms with Gasteiger partial charge in [0.25, 0.3) is 0 Å². The van der Waals surface area contributed by atoms with E-state index in [1.54, 1.807) is 0 Å². The standard InChI is InChI=1S/C17H28N2O.ClH/c1-12(2)11-19(13(3)4)17(20)14(5)16(18)15-9-7-6-8-10-15;/h6-10,12-14,16H,11,18H2,1-5H3;1H. The Morgan fingerprint density at radius 3 is 2.05 bits per heavy atom. The molecule has 0 fully saturated rings. The Morgan fingerprint density at radius 1 is 1.10 bits per heavy atom. The maximum Gasteiger partial charge on any atom is 0.227 e. The van der Waals surface area contributed by atoms with E-state index in [0.717, 1.165) is 12.1 Å². The van der Waals surface area contributed by atoms with E-state index >= 15 is 0 Å². The van der Waals surface area contributed by atoms with Crippen LogP contribution in [0.5, 0.6) is 0 Å². The first-order chi connectivity index (χ1) is 9.34. The molecule has 1 rings (SSSR count). The van der Waals surface area contributed by atoms with Crippen LogP contribution in [0.3, 0.4) is 0 Å². The summed E-state index contributed by atoms with van der Waals surface area (Å²) in [5.74, 6) is 0.394. The zero-order chi connectivity index (χ0) is 15.3. The largest absolute Gasteiger partial charge is 0.340 e. The summed E-state index contributed by atoms with van der Waals surface area (Å²) >= 11 is 0. The average Bonchev–Trinajstić information content (AvgIpc) is 2.43. The first-order valence-corrected chi connectivity index (χ1v) is 7.45. The predicted molar refractivity (Wildman–Crippen MR) is 91.5 cm³/mol. The average molecular weight is 313 g/mol. The van der Waals surface area contributed by atoms with Crippen molar-refractivity contribution in [3.05, 3.63) is 35.9 Å². The van der Waals surface area contributed by atoms with Crippen molar-refractivity contribution in [1.29, 1.82) is 0 Å². The van der Waals surface area contributed by atoms with Crippen molar-refractivity contribution in [2.45, 2.75) is 46.7 Å². The Balaban J connectivity index is 0.00000400. The van der Waals surface area contributed by atoms with Crippen molar-refractivity contribution in [3.63, 3.8) is 0 Å². The summed E-state index contributed by atoms with van der Waals surface area (Å²) in [6.07, 6.45) is 0. The van der Waals surface area contributed by atoms with Crippen molar-refractivity contribution >= 4 is 18.3 Å². The lowest BCUT2D eigenvalue weighted by atomic mass is 9.93. The molecule has 0 saturated heterocycles. The number of nitrogens with zero attached hydrogens (tertiary/aromatic N) is 1. The van der Waals surface area contributed by atoms with Gasteiger partial charge in [-0.1, -0.05) is 51.1 Å². The van der Waals surface area contributed by atoms with Gasteiger partial charge in [-0.05, 0) is 25.3 Å². The molecule has 3 nitrogen and oxygen atoms in total. The van der Waals surface area contributed by atoms with Gasteiger partial charge in [0.15, 0.2) is 0 Å². The van der Waals surface area contributed by atoms with Gasteiger partial charge in [0.1, 0.15) is 0 Å². The zero-order valence-corrected chi connectivity index (χ0v) is 14.6. The maximum atomic E-state index is 12.7. The highest BCUT2D eigenvalue weighted by atomic mass is 35.5. The molecule has 4 heteroatoms. The van der Waals surface area contributed by atoms with Crippen LogP contribution in [0.4, 0.5) is 0 Å². The third kappa shape index (κ3) is 5.68. The van der Waals surface area contributed by atoms with Crippen LogP contribution in [0, 0.1) is 11.8 Å². The van der Waals surface area contributed by atoms with Gasteiger partial charge in [-0.15, -0.1) is 12.4 Å². The fourth-order valence-corrected chi connectivity index (χ4v) is 2.33. The first kappa shape index (κ1) is 19.9. The molecule has 1 aromatic rings. The number of nitrogens with two attached hydrogens (primary N) is 1. The molecule has 0 aliphatic heterocycles. The van der Waals surface area contributed by atoms with Crippen LogP contribution in [0.2, 0.25) is 0 Å². The summed E-state index contributed by atoms with van der Waals surface area (Å²) in [6.45, 7) is 11.1. The van der Waals surface area contributed by atoms with E-state index in [2.05, 4.69) is 27.7 Å². The van der Waals surface area contributed by atoms with E-state index in [9.17, 15) is 4.79 Å². The minimum atomic E-state index is -0.253. The second kappa shape index (κ2) is 9.06. The third-order valence-electron chi connectivity index (χ3n) is 3.58. The van der Waals surface area contributed by atoms with Crippen LogP contribution in [-0.2, 0) is 4.79 Å². The second-order valence-electron chi connectivity index (χ2n) is 6.20. The molecule has 0 aromatic heterocycles. The molecule has 21 heavy (non-hydrogen) atoms. The zero-order valence-electron chi connectivity index (χ0n) is 13.7. The molecule has 0 radical (unpaired) electrons. The van der Waals surface area contributed by atoms with E-state index < -0.39 is 0 Å². The van der Waals surface area contributed by atoms with E-state index in [-0.39, 0.29) is 36.3 Å². The van der Waals surface area contributed by atoms with E-state index in [1.807, 2.05) is 42.2 Å². The van der Waals surface area contributed by atoms with Crippen molar-refractivity contribution in [2.75, 3.05) is 6.54 Å². The number of rotatable bonds is 6. The van der Waals surface area contributed by atoms with Crippen LogP contribution in [0.15, 0.2) is 30.3 Å². The predicted octanol–water partition coefficient (Wildman–Crippen LogP) is 3.64. The number of benzene rings is 1. The van der Waals surface area contributed by atoms with Gasteiger partial charge in [0.05, 0.1) is 5.92 Å². The Hall–Kier alpha value is -1.06. The maximum absolute atomic E-state index is 12.7. The van der Waals surface area contributed by atoms with Crippen LogP contribution < -0.4 is 5.73 Å². The Kier molecular flexibility index (Phi) is 8.60. The van der Waals surface area contributed by atoms with Crippen molar-refractivity contribution in [3.8, 4) is 0 Å². The monoisotopic (exact) mass is 312 g/mol. The van der Waals surface area contributed by atoms with Gasteiger partial charge in [-0.2, -0.15) is 0 Å². The summed E-state index contributed by atoms with van der Waals surface area (Å²) in [4.78, 5) is 14.6. The summed E-state index contributed by atoms with van der Waals surface area (Å²) in [5.41, 5.74) is 7.28. The topological polar surface area (TPSA) is 46.3 Å². The normalized spacial score (nSPS) is 13.7. The molecule has 2 unspecified atom stereocenters. The quantitative estimate of drug-likeness (QED) is 0.871. The number of carbonyl (C=O) groups is 1. The van der Waals surface area contributed by atoms with Crippen LogP contribution in [-0.4, -0.2) is 23.4 Å². The Labute approximate surface area is 135 Å². The van der Waals surface area contributed by atoms with Gasteiger partial charge >= 0.3 is 0 Å². The first-order valence-electron chi connectivity index (χ1n) is 7.45. The van der Waals surface area contributed by atoms with Gasteiger partial charge < -0.3 is 10.6 Å². The molecule has 2 N–H and O–H groups in total. The molecule has 2 atom stereocenters. The van der Waals surface area contributed by atoms with Gasteiger partial charge in [0, 0.05) is 18.6 Å². The summed E-state index contributed by atoms with van der Waals surface area (Å²) in [7, 11) is 0. The number of hydrogen-bond donors (Lipinski definition) is 1. The minimum Gasteiger partial charge on any atom is -0.340 e. The molecule has 0 aliphatic carbocycles. The van der Waals surface area contributed by atoms with Crippen molar-refractivity contribution in [2.24, 2.45) is 17.6 Å². The fraction of sp³-hybridized carbons (Fsp3) is 0.588. The molecule has 0 saturated carbocycles. The molecule has 120 valence electrons. The number of amides is 1. The summed E-state index contributed by atoms with van der Waals surface area (Å²) < 4.78 is 0. The summed E-state index contributed by atoms with van der Waals surface area (Å²) in [5, 5.41) is 0. The van der Waals surface area contributed by atoms with Gasteiger partial charge in [-0.25, -0.2) is 0 Å². The van der Waals surface area contributed by atoms with E-state index in [1.165, 1.54) is 0 Å². The van der Waals surface area contributed by atoms with Crippen molar-refractivity contribution < 1.29 is 4.79 Å². The SMILES string of the molecule is CC(C)CN(C(=O)C(C)C(N)c1ccccc1)C(C)C.Cl. The van der Waals surface area contributed by atoms with Crippen LogP contribution in [0.25, 0.3) is 0 Å². The molecular formula is C17H29ClN2O. The van der Waals surface area contributed by atoms with E-state index in [0.29, 0.717) is 5.92 Å².